The van der Waals surface area contributed by atoms with Crippen LogP contribution >= 0.6 is 0 Å². The summed E-state index contributed by atoms with van der Waals surface area (Å²) < 4.78 is 30.7. The lowest BCUT2D eigenvalue weighted by molar-refractivity contribution is -0.119. The van der Waals surface area contributed by atoms with Crippen molar-refractivity contribution in [2.75, 3.05) is 26.7 Å². The second kappa shape index (κ2) is 13.4. The van der Waals surface area contributed by atoms with Gasteiger partial charge in [-0.3, -0.25) is 9.59 Å². The van der Waals surface area contributed by atoms with E-state index in [1.165, 1.54) is 25.1 Å². The number of nitrogens with zero attached hydrogens (tertiary/aromatic N) is 1. The normalized spacial score (nSPS) is 16.7. The number of amides is 2. The second-order valence-corrected chi connectivity index (χ2v) is 11.0. The van der Waals surface area contributed by atoms with Crippen molar-refractivity contribution in [2.45, 2.75) is 51.7 Å². The first kappa shape index (κ1) is 30.3. The molecule has 1 saturated heterocycles. The van der Waals surface area contributed by atoms with Gasteiger partial charge >= 0.3 is 0 Å². The molecular weight excluding hydrogens is 524 g/mol. The summed E-state index contributed by atoms with van der Waals surface area (Å²) in [6.07, 6.45) is 1.88. The van der Waals surface area contributed by atoms with E-state index in [1.54, 1.807) is 30.0 Å². The molecule has 0 aliphatic carbocycles. The highest BCUT2D eigenvalue weighted by Crippen LogP contribution is 2.45. The molecule has 0 spiro atoms. The zero-order valence-corrected chi connectivity index (χ0v) is 24.0. The van der Waals surface area contributed by atoms with Gasteiger partial charge in [-0.15, -0.1) is 0 Å². The smallest absolute Gasteiger partial charge is 0.253 e. The Morgan fingerprint density at radius 2 is 1.83 bits per heavy atom. The Hall–Kier alpha value is -3.62. The molecule has 0 radical (unpaired) electrons. The number of benzene rings is 3. The number of likely N-dealkylation sites (tertiary alicyclic amines) is 1. The third-order valence-electron chi connectivity index (χ3n) is 7.95. The summed E-state index contributed by atoms with van der Waals surface area (Å²) in [7, 11) is 1.86. The summed E-state index contributed by atoms with van der Waals surface area (Å²) in [5, 5.41) is 18.4. The van der Waals surface area contributed by atoms with Gasteiger partial charge in [0.2, 0.25) is 5.91 Å². The van der Waals surface area contributed by atoms with Gasteiger partial charge in [0.1, 0.15) is 11.6 Å². The quantitative estimate of drug-likeness (QED) is 0.292. The average molecular weight is 564 g/mol. The molecule has 2 amide bonds. The molecule has 6 nitrogen and oxygen atoms in total. The fraction of sp³-hybridized carbons (Fsp3) is 0.394. The standard InChI is InChI=1S/C33H39F2N3O3/c1-22-10-15-29(34)27(19-22)31-28(8-4-9-30(31)35)33(41,16-6-17-37-23(2)39)26-7-5-18-38(21-26)32(40)25-13-11-24(12-14-25)20-36-3/h4,8-15,19,26,36,41H,5-7,16-18,20-21H2,1-3H3,(H,37,39)/t26-,33?/m1/s1. The molecule has 3 aromatic carbocycles. The van der Waals surface area contributed by atoms with Gasteiger partial charge < -0.3 is 20.6 Å². The zero-order valence-electron chi connectivity index (χ0n) is 24.0. The van der Waals surface area contributed by atoms with E-state index in [-0.39, 0.29) is 35.9 Å². The maximum atomic E-state index is 15.5. The Morgan fingerprint density at radius 1 is 1.07 bits per heavy atom. The number of hydrogen-bond donors (Lipinski definition) is 3. The molecule has 218 valence electrons. The van der Waals surface area contributed by atoms with E-state index < -0.39 is 23.2 Å². The number of nitrogens with one attached hydrogen (secondary N) is 2. The third-order valence-corrected chi connectivity index (χ3v) is 7.95. The molecule has 1 fully saturated rings. The highest BCUT2D eigenvalue weighted by atomic mass is 19.1. The van der Waals surface area contributed by atoms with E-state index in [4.69, 9.17) is 0 Å². The Morgan fingerprint density at radius 3 is 2.54 bits per heavy atom. The van der Waals surface area contributed by atoms with Crippen LogP contribution < -0.4 is 10.6 Å². The SMILES string of the molecule is CNCc1ccc(C(=O)N2CCC[C@@H](C(O)(CCCNC(C)=O)c3cccc(F)c3-c3cc(C)ccc3F)C2)cc1. The van der Waals surface area contributed by atoms with Gasteiger partial charge in [-0.05, 0) is 81.1 Å². The largest absolute Gasteiger partial charge is 0.385 e. The van der Waals surface area contributed by atoms with Crippen LogP contribution in [0.3, 0.4) is 0 Å². The van der Waals surface area contributed by atoms with Crippen molar-refractivity contribution in [2.24, 2.45) is 5.92 Å². The predicted octanol–water partition coefficient (Wildman–Crippen LogP) is 5.32. The van der Waals surface area contributed by atoms with Crippen molar-refractivity contribution in [3.8, 4) is 11.1 Å². The molecule has 8 heteroatoms. The van der Waals surface area contributed by atoms with Gasteiger partial charge in [0.05, 0.1) is 5.60 Å². The minimum atomic E-state index is -1.58. The predicted molar refractivity (Wildman–Crippen MR) is 156 cm³/mol. The van der Waals surface area contributed by atoms with Crippen molar-refractivity contribution in [1.82, 2.24) is 15.5 Å². The number of halogens is 2. The van der Waals surface area contributed by atoms with E-state index in [0.717, 1.165) is 11.1 Å². The summed E-state index contributed by atoms with van der Waals surface area (Å²) in [6, 6.07) is 16.4. The van der Waals surface area contributed by atoms with Crippen LogP contribution in [0.5, 0.6) is 0 Å². The van der Waals surface area contributed by atoms with E-state index in [9.17, 15) is 14.7 Å². The molecule has 1 aliphatic heterocycles. The summed E-state index contributed by atoms with van der Waals surface area (Å²) in [6.45, 7) is 5.06. The molecule has 0 aromatic heterocycles. The van der Waals surface area contributed by atoms with Crippen LogP contribution in [0.4, 0.5) is 8.78 Å². The molecule has 1 aliphatic rings. The van der Waals surface area contributed by atoms with Crippen molar-refractivity contribution in [3.05, 3.63) is 94.6 Å². The lowest BCUT2D eigenvalue weighted by Crippen LogP contribution is -2.48. The summed E-state index contributed by atoms with van der Waals surface area (Å²) >= 11 is 0. The van der Waals surface area contributed by atoms with Gasteiger partial charge in [0, 0.05) is 55.7 Å². The van der Waals surface area contributed by atoms with Crippen LogP contribution in [0.2, 0.25) is 0 Å². The monoisotopic (exact) mass is 563 g/mol. The van der Waals surface area contributed by atoms with Gasteiger partial charge in [0.15, 0.2) is 0 Å². The number of carbonyl (C=O) groups is 2. The molecule has 1 heterocycles. The minimum Gasteiger partial charge on any atom is -0.385 e. The topological polar surface area (TPSA) is 81.7 Å². The van der Waals surface area contributed by atoms with Gasteiger partial charge in [-0.1, -0.05) is 35.9 Å². The van der Waals surface area contributed by atoms with Crippen molar-refractivity contribution < 1.29 is 23.5 Å². The molecule has 0 bridgehead atoms. The molecule has 0 saturated carbocycles. The lowest BCUT2D eigenvalue weighted by atomic mass is 9.72. The summed E-state index contributed by atoms with van der Waals surface area (Å²) in [5.74, 6) is -1.95. The maximum Gasteiger partial charge on any atom is 0.253 e. The van der Waals surface area contributed by atoms with Crippen LogP contribution in [0.15, 0.2) is 60.7 Å². The first-order chi connectivity index (χ1) is 19.6. The summed E-state index contributed by atoms with van der Waals surface area (Å²) in [4.78, 5) is 26.7. The molecule has 2 atom stereocenters. The average Bonchev–Trinajstić information content (AvgIpc) is 2.96. The Labute approximate surface area is 240 Å². The van der Waals surface area contributed by atoms with Crippen molar-refractivity contribution in [1.29, 1.82) is 0 Å². The van der Waals surface area contributed by atoms with Gasteiger partial charge in [-0.2, -0.15) is 0 Å². The highest BCUT2D eigenvalue weighted by molar-refractivity contribution is 5.94. The second-order valence-electron chi connectivity index (χ2n) is 11.0. The Bertz CT molecular complexity index is 1380. The fourth-order valence-corrected chi connectivity index (χ4v) is 5.87. The van der Waals surface area contributed by atoms with Crippen LogP contribution in [0.1, 0.15) is 59.7 Å². The number of hydrogen-bond acceptors (Lipinski definition) is 4. The van der Waals surface area contributed by atoms with Gasteiger partial charge in [-0.25, -0.2) is 8.78 Å². The highest BCUT2D eigenvalue weighted by Gasteiger charge is 2.43. The number of rotatable bonds is 10. The lowest BCUT2D eigenvalue weighted by Gasteiger charge is -2.43. The van der Waals surface area contributed by atoms with E-state index in [1.807, 2.05) is 31.3 Å². The molecule has 1 unspecified atom stereocenters. The van der Waals surface area contributed by atoms with Crippen LogP contribution in [-0.4, -0.2) is 48.5 Å². The third kappa shape index (κ3) is 7.00. The molecule has 3 N–H and O–H groups in total. The Kier molecular flexibility index (Phi) is 9.89. The molecule has 4 rings (SSSR count). The first-order valence-corrected chi connectivity index (χ1v) is 14.2. The molecule has 41 heavy (non-hydrogen) atoms. The molecule has 3 aromatic rings. The number of aryl methyl sites for hydroxylation is 1. The Balaban J connectivity index is 1.71. The van der Waals surface area contributed by atoms with Gasteiger partial charge in [0.25, 0.3) is 5.91 Å². The van der Waals surface area contributed by atoms with Crippen LogP contribution in [0.25, 0.3) is 11.1 Å². The van der Waals surface area contributed by atoms with E-state index in [0.29, 0.717) is 50.0 Å². The number of carbonyl (C=O) groups excluding carboxylic acids is 2. The van der Waals surface area contributed by atoms with Crippen molar-refractivity contribution >= 4 is 11.8 Å². The fourth-order valence-electron chi connectivity index (χ4n) is 5.87. The number of aliphatic hydroxyl groups is 1. The summed E-state index contributed by atoms with van der Waals surface area (Å²) in [5.41, 5.74) is 1.22. The van der Waals surface area contributed by atoms with Crippen LogP contribution in [0, 0.1) is 24.5 Å². The van der Waals surface area contributed by atoms with E-state index >= 15 is 8.78 Å². The zero-order chi connectivity index (χ0) is 29.6. The molecular formula is C33H39F2N3O3. The number of piperidine rings is 1. The van der Waals surface area contributed by atoms with Crippen LogP contribution in [-0.2, 0) is 16.9 Å². The first-order valence-electron chi connectivity index (χ1n) is 14.2. The van der Waals surface area contributed by atoms with Crippen molar-refractivity contribution in [3.63, 3.8) is 0 Å². The minimum absolute atomic E-state index is 0.0271. The van der Waals surface area contributed by atoms with E-state index in [2.05, 4.69) is 10.6 Å². The maximum absolute atomic E-state index is 15.5.